The Morgan fingerprint density at radius 2 is 1.91 bits per heavy atom. The highest BCUT2D eigenvalue weighted by molar-refractivity contribution is 8.00. The molecule has 0 aliphatic heterocycles. The number of hydrogen-bond acceptors (Lipinski definition) is 5. The summed E-state index contributed by atoms with van der Waals surface area (Å²) in [5.74, 6) is 1.42. The van der Waals surface area contributed by atoms with Crippen LogP contribution in [-0.4, -0.2) is 39.6 Å². The molecule has 23 heavy (non-hydrogen) atoms. The predicted octanol–water partition coefficient (Wildman–Crippen LogP) is 4.30. The van der Waals surface area contributed by atoms with Gasteiger partial charge >= 0.3 is 0 Å². The zero-order valence-corrected chi connectivity index (χ0v) is 16.0. The Kier molecular flexibility index (Phi) is 6.84. The second-order valence-electron chi connectivity index (χ2n) is 5.53. The Bertz CT molecular complexity index is 663. The fourth-order valence-electron chi connectivity index (χ4n) is 2.45. The van der Waals surface area contributed by atoms with Gasteiger partial charge in [0.15, 0.2) is 0 Å². The van der Waals surface area contributed by atoms with Crippen LogP contribution < -0.4 is 0 Å². The van der Waals surface area contributed by atoms with Gasteiger partial charge in [-0.05, 0) is 32.3 Å². The lowest BCUT2D eigenvalue weighted by Crippen LogP contribution is -2.33. The number of rotatable bonds is 8. The molecule has 0 fully saturated rings. The first-order chi connectivity index (χ1) is 11.1. The number of carbonyl (C=O) groups is 1. The smallest absolute Gasteiger partial charge is 0.232 e. The van der Waals surface area contributed by atoms with Crippen LogP contribution in [0.3, 0.4) is 0 Å². The van der Waals surface area contributed by atoms with Crippen LogP contribution in [0.25, 0.3) is 10.2 Å². The van der Waals surface area contributed by atoms with Crippen LogP contribution in [0, 0.1) is 6.92 Å². The number of amides is 1. The van der Waals surface area contributed by atoms with Gasteiger partial charge in [-0.1, -0.05) is 32.5 Å². The van der Waals surface area contributed by atoms with E-state index in [1.54, 1.807) is 23.1 Å². The summed E-state index contributed by atoms with van der Waals surface area (Å²) < 4.78 is 0. The van der Waals surface area contributed by atoms with E-state index in [2.05, 4.69) is 36.8 Å². The first-order valence-electron chi connectivity index (χ1n) is 8.26. The van der Waals surface area contributed by atoms with Gasteiger partial charge in [-0.3, -0.25) is 4.79 Å². The number of aromatic nitrogens is 2. The summed E-state index contributed by atoms with van der Waals surface area (Å²) in [5.41, 5.74) is 0. The summed E-state index contributed by atoms with van der Waals surface area (Å²) >= 11 is 3.26. The maximum atomic E-state index is 12.4. The van der Waals surface area contributed by atoms with Gasteiger partial charge in [-0.25, -0.2) is 9.97 Å². The standard InChI is InChI=1S/C17H25N3OS2/c1-5-8-20(9-6-2)15(21)11-22-16-14-10-13(7-3)23-17(14)19-12(4)18-16/h10H,5-9,11H2,1-4H3. The summed E-state index contributed by atoms with van der Waals surface area (Å²) in [7, 11) is 0. The molecule has 0 atom stereocenters. The zero-order valence-electron chi connectivity index (χ0n) is 14.4. The lowest BCUT2D eigenvalue weighted by molar-refractivity contribution is -0.128. The molecular weight excluding hydrogens is 326 g/mol. The molecule has 0 spiro atoms. The predicted molar refractivity (Wildman–Crippen MR) is 99.4 cm³/mol. The Morgan fingerprint density at radius 1 is 1.22 bits per heavy atom. The minimum atomic E-state index is 0.203. The van der Waals surface area contributed by atoms with Gasteiger partial charge in [0.2, 0.25) is 5.91 Å². The van der Waals surface area contributed by atoms with E-state index in [1.807, 2.05) is 11.8 Å². The van der Waals surface area contributed by atoms with Crippen molar-refractivity contribution in [2.75, 3.05) is 18.8 Å². The molecular formula is C17H25N3OS2. The second kappa shape index (κ2) is 8.64. The van der Waals surface area contributed by atoms with Crippen LogP contribution in [-0.2, 0) is 11.2 Å². The molecule has 2 heterocycles. The number of nitrogens with zero attached hydrogens (tertiary/aromatic N) is 3. The van der Waals surface area contributed by atoms with Gasteiger partial charge in [0.25, 0.3) is 0 Å². The molecule has 126 valence electrons. The average Bonchev–Trinajstić information content (AvgIpc) is 2.95. The molecule has 1 amide bonds. The maximum absolute atomic E-state index is 12.4. The van der Waals surface area contributed by atoms with Crippen molar-refractivity contribution in [1.82, 2.24) is 14.9 Å². The summed E-state index contributed by atoms with van der Waals surface area (Å²) in [6.07, 6.45) is 3.00. The van der Waals surface area contributed by atoms with E-state index in [0.29, 0.717) is 5.75 Å². The Hall–Kier alpha value is -1.14. The average molecular weight is 352 g/mol. The van der Waals surface area contributed by atoms with Crippen molar-refractivity contribution in [3.63, 3.8) is 0 Å². The molecule has 0 saturated carbocycles. The third-order valence-corrected chi connectivity index (χ3v) is 5.69. The van der Waals surface area contributed by atoms with Crippen LogP contribution >= 0.6 is 23.1 Å². The molecule has 0 radical (unpaired) electrons. The molecule has 0 unspecified atom stereocenters. The van der Waals surface area contributed by atoms with Gasteiger partial charge in [0.05, 0.1) is 5.75 Å². The maximum Gasteiger partial charge on any atom is 0.232 e. The highest BCUT2D eigenvalue weighted by atomic mass is 32.2. The van der Waals surface area contributed by atoms with Gasteiger partial charge in [0.1, 0.15) is 15.7 Å². The Morgan fingerprint density at radius 3 is 2.52 bits per heavy atom. The van der Waals surface area contributed by atoms with Crippen molar-refractivity contribution < 1.29 is 4.79 Å². The Balaban J connectivity index is 2.14. The fraction of sp³-hybridized carbons (Fsp3) is 0.588. The van der Waals surface area contributed by atoms with Gasteiger partial charge in [0, 0.05) is 23.4 Å². The Labute approximate surface area is 146 Å². The fourth-order valence-corrected chi connectivity index (χ4v) is 4.48. The SMILES string of the molecule is CCCN(CCC)C(=O)CSc1nc(C)nc2sc(CC)cc12. The highest BCUT2D eigenvalue weighted by Gasteiger charge is 2.15. The lowest BCUT2D eigenvalue weighted by Gasteiger charge is -2.21. The molecule has 0 N–H and O–H groups in total. The van der Waals surface area contributed by atoms with E-state index in [9.17, 15) is 4.79 Å². The molecule has 0 aliphatic carbocycles. The largest absolute Gasteiger partial charge is 0.342 e. The van der Waals surface area contributed by atoms with E-state index in [-0.39, 0.29) is 5.91 Å². The second-order valence-corrected chi connectivity index (χ2v) is 7.61. The van der Waals surface area contributed by atoms with Crippen LogP contribution in [0.4, 0.5) is 0 Å². The third kappa shape index (κ3) is 4.67. The topological polar surface area (TPSA) is 46.1 Å². The van der Waals surface area contributed by atoms with Crippen molar-refractivity contribution in [3.05, 3.63) is 16.8 Å². The lowest BCUT2D eigenvalue weighted by atomic mass is 10.3. The molecule has 2 aromatic heterocycles. The number of carbonyl (C=O) groups excluding carboxylic acids is 1. The monoisotopic (exact) mass is 351 g/mol. The molecule has 2 rings (SSSR count). The number of hydrogen-bond donors (Lipinski definition) is 0. The summed E-state index contributed by atoms with van der Waals surface area (Å²) in [6, 6.07) is 2.17. The normalized spacial score (nSPS) is 11.1. The molecule has 0 bridgehead atoms. The molecule has 0 saturated heterocycles. The van der Waals surface area contributed by atoms with Crippen LogP contribution in [0.15, 0.2) is 11.1 Å². The zero-order chi connectivity index (χ0) is 16.8. The third-order valence-electron chi connectivity index (χ3n) is 3.54. The summed E-state index contributed by atoms with van der Waals surface area (Å²) in [5, 5.41) is 2.03. The minimum absolute atomic E-state index is 0.203. The van der Waals surface area contributed by atoms with Crippen molar-refractivity contribution >= 4 is 39.2 Å². The van der Waals surface area contributed by atoms with Crippen molar-refractivity contribution in [1.29, 1.82) is 0 Å². The number of fused-ring (bicyclic) bond motifs is 1. The van der Waals surface area contributed by atoms with E-state index in [4.69, 9.17) is 0 Å². The first-order valence-corrected chi connectivity index (χ1v) is 10.1. The molecule has 0 aliphatic rings. The van der Waals surface area contributed by atoms with E-state index >= 15 is 0 Å². The van der Waals surface area contributed by atoms with Crippen LogP contribution in [0.5, 0.6) is 0 Å². The van der Waals surface area contributed by atoms with Crippen LogP contribution in [0.1, 0.15) is 44.3 Å². The first kappa shape index (κ1) is 18.2. The number of thiophene rings is 1. The number of thioether (sulfide) groups is 1. The molecule has 0 aromatic carbocycles. The van der Waals surface area contributed by atoms with Gasteiger partial charge < -0.3 is 4.90 Å². The highest BCUT2D eigenvalue weighted by Crippen LogP contribution is 2.31. The minimum Gasteiger partial charge on any atom is -0.342 e. The molecule has 6 heteroatoms. The molecule has 4 nitrogen and oxygen atoms in total. The van der Waals surface area contributed by atoms with Crippen LogP contribution in [0.2, 0.25) is 0 Å². The van der Waals surface area contributed by atoms with Crippen molar-refractivity contribution in [3.8, 4) is 0 Å². The number of aryl methyl sites for hydroxylation is 2. The quantitative estimate of drug-likeness (QED) is 0.525. The molecule has 2 aromatic rings. The van der Waals surface area contributed by atoms with E-state index in [0.717, 1.165) is 53.4 Å². The van der Waals surface area contributed by atoms with E-state index < -0.39 is 0 Å². The summed E-state index contributed by atoms with van der Waals surface area (Å²) in [4.78, 5) is 25.8. The van der Waals surface area contributed by atoms with Gasteiger partial charge in [-0.15, -0.1) is 11.3 Å². The van der Waals surface area contributed by atoms with E-state index in [1.165, 1.54) is 4.88 Å². The van der Waals surface area contributed by atoms with Gasteiger partial charge in [-0.2, -0.15) is 0 Å². The van der Waals surface area contributed by atoms with Crippen molar-refractivity contribution in [2.45, 2.75) is 52.0 Å². The van der Waals surface area contributed by atoms with Crippen molar-refractivity contribution in [2.24, 2.45) is 0 Å². The summed E-state index contributed by atoms with van der Waals surface area (Å²) in [6.45, 7) is 9.95.